The Bertz CT molecular complexity index is 1020. The zero-order valence-corrected chi connectivity index (χ0v) is 17.8. The lowest BCUT2D eigenvalue weighted by Gasteiger charge is -2.17. The van der Waals surface area contributed by atoms with Crippen LogP contribution < -0.4 is 20.1 Å². The van der Waals surface area contributed by atoms with E-state index in [2.05, 4.69) is 15.6 Å². The number of ether oxygens (including phenoxy) is 2. The molecule has 2 N–H and O–H groups in total. The van der Waals surface area contributed by atoms with E-state index in [1.807, 2.05) is 53.9 Å². The number of anilines is 1. The van der Waals surface area contributed by atoms with Crippen molar-refractivity contribution in [3.63, 3.8) is 0 Å². The molecule has 0 bridgehead atoms. The molecule has 0 aliphatic carbocycles. The molecule has 3 rings (SSSR count). The molecule has 0 fully saturated rings. The van der Waals surface area contributed by atoms with E-state index < -0.39 is 6.04 Å². The highest BCUT2D eigenvalue weighted by Crippen LogP contribution is 2.35. The Morgan fingerprint density at radius 2 is 1.87 bits per heavy atom. The van der Waals surface area contributed by atoms with Crippen LogP contribution in [0.25, 0.3) is 11.3 Å². The van der Waals surface area contributed by atoms with Crippen LogP contribution in [0.15, 0.2) is 53.9 Å². The smallest absolute Gasteiger partial charge is 0.228 e. The number of aromatic nitrogens is 1. The summed E-state index contributed by atoms with van der Waals surface area (Å²) in [5, 5.41) is 7.95. The Hall–Kier alpha value is -3.39. The lowest BCUT2D eigenvalue weighted by Crippen LogP contribution is -2.29. The highest BCUT2D eigenvalue weighted by atomic mass is 32.1. The first-order valence-corrected chi connectivity index (χ1v) is 10.2. The number of nitrogens with zero attached hydrogens (tertiary/aromatic N) is 1. The topological polar surface area (TPSA) is 89.5 Å². The van der Waals surface area contributed by atoms with E-state index >= 15 is 0 Å². The van der Waals surface area contributed by atoms with E-state index in [0.29, 0.717) is 22.3 Å². The predicted octanol–water partition coefficient (Wildman–Crippen LogP) is 4.03. The molecule has 0 spiro atoms. The van der Waals surface area contributed by atoms with Crippen LogP contribution in [0.1, 0.15) is 24.9 Å². The first-order valence-electron chi connectivity index (χ1n) is 9.30. The first-order chi connectivity index (χ1) is 14.5. The van der Waals surface area contributed by atoms with Crippen LogP contribution in [0, 0.1) is 0 Å². The highest BCUT2D eigenvalue weighted by molar-refractivity contribution is 7.14. The Labute approximate surface area is 179 Å². The van der Waals surface area contributed by atoms with E-state index in [-0.39, 0.29) is 18.2 Å². The fourth-order valence-corrected chi connectivity index (χ4v) is 3.73. The molecule has 0 saturated heterocycles. The van der Waals surface area contributed by atoms with Gasteiger partial charge in [-0.25, -0.2) is 4.98 Å². The molecule has 30 heavy (non-hydrogen) atoms. The number of amides is 2. The molecule has 7 nitrogen and oxygen atoms in total. The lowest BCUT2D eigenvalue weighted by molar-refractivity contribution is -0.120. The molecule has 2 aromatic carbocycles. The Kier molecular flexibility index (Phi) is 7.03. The number of carbonyl (C=O) groups is 2. The van der Waals surface area contributed by atoms with E-state index in [0.717, 1.165) is 11.1 Å². The number of benzene rings is 2. The van der Waals surface area contributed by atoms with Crippen molar-refractivity contribution >= 4 is 28.3 Å². The van der Waals surface area contributed by atoms with Crippen LogP contribution in [-0.2, 0) is 9.59 Å². The van der Waals surface area contributed by atoms with Gasteiger partial charge in [-0.05, 0) is 23.8 Å². The number of hydrogen-bond donors (Lipinski definition) is 2. The van der Waals surface area contributed by atoms with Crippen LogP contribution in [0.5, 0.6) is 11.5 Å². The molecule has 0 radical (unpaired) electrons. The van der Waals surface area contributed by atoms with Gasteiger partial charge in [-0.1, -0.05) is 30.3 Å². The van der Waals surface area contributed by atoms with E-state index in [4.69, 9.17) is 9.47 Å². The maximum absolute atomic E-state index is 12.6. The molecule has 3 aromatic rings. The maximum Gasteiger partial charge on any atom is 0.228 e. The number of carbonyl (C=O) groups excluding carboxylic acids is 2. The summed E-state index contributed by atoms with van der Waals surface area (Å²) in [6.45, 7) is 1.43. The van der Waals surface area contributed by atoms with Crippen molar-refractivity contribution in [2.75, 3.05) is 19.5 Å². The predicted molar refractivity (Wildman–Crippen MR) is 117 cm³/mol. The fourth-order valence-electron chi connectivity index (χ4n) is 3.01. The van der Waals surface area contributed by atoms with Gasteiger partial charge in [0.15, 0.2) is 5.13 Å². The monoisotopic (exact) mass is 425 g/mol. The van der Waals surface area contributed by atoms with Gasteiger partial charge in [0, 0.05) is 17.9 Å². The summed E-state index contributed by atoms with van der Waals surface area (Å²) < 4.78 is 10.7. The van der Waals surface area contributed by atoms with Crippen LogP contribution in [-0.4, -0.2) is 31.0 Å². The SMILES string of the molecule is COc1ccc(OC)c(-c2csc(NC(=O)CC(NC(C)=O)c3ccccc3)n2)c1. The molecular formula is C22H23N3O4S. The normalized spacial score (nSPS) is 11.4. The third-order valence-corrected chi connectivity index (χ3v) is 5.16. The lowest BCUT2D eigenvalue weighted by atomic mass is 10.0. The molecule has 0 saturated carbocycles. The summed E-state index contributed by atoms with van der Waals surface area (Å²) >= 11 is 1.32. The summed E-state index contributed by atoms with van der Waals surface area (Å²) in [4.78, 5) is 28.7. The number of nitrogens with one attached hydrogen (secondary N) is 2. The standard InChI is InChI=1S/C22H23N3O4S/c1-14(26)23-18(15-7-5-4-6-8-15)12-21(27)25-22-24-19(13-30-22)17-11-16(28-2)9-10-20(17)29-3/h4-11,13,18H,12H2,1-3H3,(H,23,26)(H,24,25,27). The molecule has 1 aromatic heterocycles. The van der Waals surface area contributed by atoms with E-state index in [1.165, 1.54) is 18.3 Å². The van der Waals surface area contributed by atoms with Crippen molar-refractivity contribution in [3.05, 3.63) is 59.5 Å². The molecule has 1 unspecified atom stereocenters. The van der Waals surface area contributed by atoms with Crippen molar-refractivity contribution in [1.82, 2.24) is 10.3 Å². The molecule has 8 heteroatoms. The van der Waals surface area contributed by atoms with Crippen molar-refractivity contribution in [2.24, 2.45) is 0 Å². The van der Waals surface area contributed by atoms with Crippen molar-refractivity contribution in [2.45, 2.75) is 19.4 Å². The van der Waals surface area contributed by atoms with E-state index in [1.54, 1.807) is 14.2 Å². The van der Waals surface area contributed by atoms with Gasteiger partial charge in [-0.15, -0.1) is 11.3 Å². The maximum atomic E-state index is 12.6. The highest BCUT2D eigenvalue weighted by Gasteiger charge is 2.18. The number of methoxy groups -OCH3 is 2. The molecule has 1 heterocycles. The minimum atomic E-state index is -0.415. The number of hydrogen-bond acceptors (Lipinski definition) is 6. The quantitative estimate of drug-likeness (QED) is 0.569. The second-order valence-electron chi connectivity index (χ2n) is 6.52. The average Bonchev–Trinajstić information content (AvgIpc) is 3.21. The third-order valence-electron chi connectivity index (χ3n) is 4.40. The third kappa shape index (κ3) is 5.36. The largest absolute Gasteiger partial charge is 0.497 e. The van der Waals surface area contributed by atoms with Crippen LogP contribution in [0.3, 0.4) is 0 Å². The molecule has 1 atom stereocenters. The van der Waals surface area contributed by atoms with Gasteiger partial charge < -0.3 is 20.1 Å². The molecule has 0 aliphatic rings. The minimum Gasteiger partial charge on any atom is -0.497 e. The van der Waals surface area contributed by atoms with Gasteiger partial charge in [-0.3, -0.25) is 9.59 Å². The van der Waals surface area contributed by atoms with Crippen LogP contribution in [0.2, 0.25) is 0 Å². The van der Waals surface area contributed by atoms with E-state index in [9.17, 15) is 9.59 Å². The van der Waals surface area contributed by atoms with Gasteiger partial charge in [0.2, 0.25) is 11.8 Å². The molecule has 2 amide bonds. The Balaban J connectivity index is 1.74. The fraction of sp³-hybridized carbons (Fsp3) is 0.227. The Morgan fingerprint density at radius 1 is 1.10 bits per heavy atom. The van der Waals surface area contributed by atoms with Crippen molar-refractivity contribution in [3.8, 4) is 22.8 Å². The molecular weight excluding hydrogens is 402 g/mol. The summed E-state index contributed by atoms with van der Waals surface area (Å²) in [5.74, 6) is 0.911. The van der Waals surface area contributed by atoms with Gasteiger partial charge in [0.1, 0.15) is 11.5 Å². The van der Waals surface area contributed by atoms with Crippen LogP contribution >= 0.6 is 11.3 Å². The van der Waals surface area contributed by atoms with Gasteiger partial charge in [0.25, 0.3) is 0 Å². The summed E-state index contributed by atoms with van der Waals surface area (Å²) in [5.41, 5.74) is 2.31. The number of rotatable bonds is 8. The second kappa shape index (κ2) is 9.89. The summed E-state index contributed by atoms with van der Waals surface area (Å²) in [6.07, 6.45) is 0.0982. The van der Waals surface area contributed by atoms with Gasteiger partial charge >= 0.3 is 0 Å². The average molecular weight is 426 g/mol. The summed E-state index contributed by atoms with van der Waals surface area (Å²) in [7, 11) is 3.18. The Morgan fingerprint density at radius 3 is 2.53 bits per heavy atom. The first kappa shape index (κ1) is 21.3. The second-order valence-corrected chi connectivity index (χ2v) is 7.38. The van der Waals surface area contributed by atoms with Gasteiger partial charge in [-0.2, -0.15) is 0 Å². The zero-order valence-electron chi connectivity index (χ0n) is 17.0. The van der Waals surface area contributed by atoms with Crippen LogP contribution in [0.4, 0.5) is 5.13 Å². The van der Waals surface area contributed by atoms with Gasteiger partial charge in [0.05, 0.1) is 32.4 Å². The molecule has 0 aliphatic heterocycles. The number of thiazole rings is 1. The zero-order chi connectivity index (χ0) is 21.5. The van der Waals surface area contributed by atoms with Crippen molar-refractivity contribution < 1.29 is 19.1 Å². The molecule has 156 valence electrons. The van der Waals surface area contributed by atoms with Crippen molar-refractivity contribution in [1.29, 1.82) is 0 Å². The summed E-state index contributed by atoms with van der Waals surface area (Å²) in [6, 6.07) is 14.4. The minimum absolute atomic E-state index is 0.0982.